The quantitative estimate of drug-likeness (QED) is 0.924. The van der Waals surface area contributed by atoms with Gasteiger partial charge in [0.05, 0.1) is 0 Å². The smallest absolute Gasteiger partial charge is 0.123 e. The fourth-order valence-corrected chi connectivity index (χ4v) is 2.75. The van der Waals surface area contributed by atoms with Crippen molar-refractivity contribution in [1.82, 2.24) is 4.90 Å². The number of aliphatic hydroxyl groups is 1. The average Bonchev–Trinajstić information content (AvgIpc) is 2.72. The summed E-state index contributed by atoms with van der Waals surface area (Å²) in [5.74, 6) is 0.404. The maximum Gasteiger partial charge on any atom is 0.123 e. The summed E-state index contributed by atoms with van der Waals surface area (Å²) >= 11 is 3.45. The van der Waals surface area contributed by atoms with Gasteiger partial charge in [0, 0.05) is 24.2 Å². The molecule has 0 aromatic heterocycles. The van der Waals surface area contributed by atoms with Crippen molar-refractivity contribution in [2.45, 2.75) is 19.4 Å². The molecule has 0 bridgehead atoms. The van der Waals surface area contributed by atoms with Crippen LogP contribution in [-0.4, -0.2) is 29.7 Å². The van der Waals surface area contributed by atoms with Gasteiger partial charge in [-0.1, -0.05) is 15.9 Å². The van der Waals surface area contributed by atoms with Gasteiger partial charge in [-0.25, -0.2) is 4.39 Å². The molecule has 1 aromatic rings. The van der Waals surface area contributed by atoms with Crippen LogP contribution in [0.25, 0.3) is 0 Å². The molecule has 1 fully saturated rings. The first kappa shape index (κ1) is 13.0. The van der Waals surface area contributed by atoms with Crippen LogP contribution in [0.5, 0.6) is 0 Å². The monoisotopic (exact) mass is 301 g/mol. The van der Waals surface area contributed by atoms with E-state index < -0.39 is 0 Å². The number of aliphatic hydroxyl groups excluding tert-OH is 1. The molecule has 1 atom stereocenters. The zero-order chi connectivity index (χ0) is 12.3. The van der Waals surface area contributed by atoms with Crippen LogP contribution in [0.3, 0.4) is 0 Å². The minimum absolute atomic E-state index is 0.186. The molecule has 1 aromatic carbocycles. The van der Waals surface area contributed by atoms with Gasteiger partial charge in [0.25, 0.3) is 0 Å². The highest BCUT2D eigenvalue weighted by molar-refractivity contribution is 9.10. The van der Waals surface area contributed by atoms with Crippen LogP contribution in [0.2, 0.25) is 0 Å². The minimum atomic E-state index is -0.186. The lowest BCUT2D eigenvalue weighted by molar-refractivity contribution is 0.249. The molecule has 1 heterocycles. The molecule has 1 unspecified atom stereocenters. The van der Waals surface area contributed by atoms with Gasteiger partial charge in [-0.2, -0.15) is 0 Å². The summed E-state index contributed by atoms with van der Waals surface area (Å²) in [6.07, 6.45) is 2.01. The van der Waals surface area contributed by atoms with Crippen LogP contribution in [0.4, 0.5) is 4.39 Å². The van der Waals surface area contributed by atoms with Gasteiger partial charge in [-0.15, -0.1) is 0 Å². The molecule has 1 aliphatic heterocycles. The highest BCUT2D eigenvalue weighted by Crippen LogP contribution is 2.24. The van der Waals surface area contributed by atoms with E-state index in [1.54, 1.807) is 12.1 Å². The van der Waals surface area contributed by atoms with Crippen molar-refractivity contribution in [3.63, 3.8) is 0 Å². The van der Waals surface area contributed by atoms with Gasteiger partial charge in [0.15, 0.2) is 0 Å². The molecule has 0 spiro atoms. The summed E-state index contributed by atoms with van der Waals surface area (Å²) in [6, 6.07) is 4.81. The Hall–Kier alpha value is -0.450. The molecule has 17 heavy (non-hydrogen) atoms. The first-order chi connectivity index (χ1) is 8.19. The van der Waals surface area contributed by atoms with E-state index in [9.17, 15) is 4.39 Å². The van der Waals surface area contributed by atoms with Crippen LogP contribution < -0.4 is 0 Å². The Balaban J connectivity index is 1.95. The van der Waals surface area contributed by atoms with Gasteiger partial charge < -0.3 is 5.11 Å². The van der Waals surface area contributed by atoms with Crippen molar-refractivity contribution >= 4 is 15.9 Å². The fraction of sp³-hybridized carbons (Fsp3) is 0.538. The van der Waals surface area contributed by atoms with Crippen molar-refractivity contribution in [2.24, 2.45) is 5.92 Å². The van der Waals surface area contributed by atoms with Gasteiger partial charge in [0.1, 0.15) is 5.82 Å². The molecule has 4 heteroatoms. The number of nitrogens with zero attached hydrogens (tertiary/aromatic N) is 1. The molecule has 0 amide bonds. The molecule has 2 nitrogen and oxygen atoms in total. The topological polar surface area (TPSA) is 23.5 Å². The Labute approximate surface area is 110 Å². The standard InChI is InChI=1S/C13H17BrFNO/c14-13-2-1-12(15)7-11(13)9-16-5-3-10(8-16)4-6-17/h1-2,7,10,17H,3-6,8-9H2. The Morgan fingerprint density at radius 3 is 3.06 bits per heavy atom. The number of likely N-dealkylation sites (tertiary alicyclic amines) is 1. The molecule has 2 rings (SSSR count). The molecule has 94 valence electrons. The Morgan fingerprint density at radius 2 is 2.29 bits per heavy atom. The Bertz CT molecular complexity index is 386. The first-order valence-electron chi connectivity index (χ1n) is 5.96. The fourth-order valence-electron chi connectivity index (χ4n) is 2.38. The highest BCUT2D eigenvalue weighted by Gasteiger charge is 2.22. The van der Waals surface area contributed by atoms with Crippen LogP contribution in [-0.2, 0) is 6.54 Å². The predicted molar refractivity (Wildman–Crippen MR) is 69.2 cm³/mol. The van der Waals surface area contributed by atoms with Crippen LogP contribution >= 0.6 is 15.9 Å². The SMILES string of the molecule is OCCC1CCN(Cc2cc(F)ccc2Br)C1. The molecule has 1 aliphatic rings. The van der Waals surface area contributed by atoms with E-state index in [4.69, 9.17) is 5.11 Å². The summed E-state index contributed by atoms with van der Waals surface area (Å²) in [5, 5.41) is 8.91. The van der Waals surface area contributed by atoms with Crippen LogP contribution in [0.1, 0.15) is 18.4 Å². The van der Waals surface area contributed by atoms with Crippen LogP contribution in [0.15, 0.2) is 22.7 Å². The first-order valence-corrected chi connectivity index (χ1v) is 6.75. The third kappa shape index (κ3) is 3.50. The second-order valence-electron chi connectivity index (χ2n) is 4.64. The highest BCUT2D eigenvalue weighted by atomic mass is 79.9. The summed E-state index contributed by atoms with van der Waals surface area (Å²) in [4.78, 5) is 2.32. The van der Waals surface area contributed by atoms with E-state index in [1.165, 1.54) is 6.07 Å². The molecule has 1 N–H and O–H groups in total. The van der Waals surface area contributed by atoms with Gasteiger partial charge >= 0.3 is 0 Å². The number of hydrogen-bond acceptors (Lipinski definition) is 2. The van der Waals surface area contributed by atoms with Crippen molar-refractivity contribution in [1.29, 1.82) is 0 Å². The predicted octanol–water partition coefficient (Wildman–Crippen LogP) is 2.79. The van der Waals surface area contributed by atoms with E-state index in [2.05, 4.69) is 20.8 Å². The Morgan fingerprint density at radius 1 is 1.47 bits per heavy atom. The maximum atomic E-state index is 13.1. The van der Waals surface area contributed by atoms with E-state index in [-0.39, 0.29) is 12.4 Å². The second kappa shape index (κ2) is 5.94. The zero-order valence-electron chi connectivity index (χ0n) is 9.70. The van der Waals surface area contributed by atoms with Crippen LogP contribution in [0, 0.1) is 11.7 Å². The normalized spacial score (nSPS) is 21.0. The maximum absolute atomic E-state index is 13.1. The molecule has 0 radical (unpaired) electrons. The summed E-state index contributed by atoms with van der Waals surface area (Å²) < 4.78 is 14.1. The lowest BCUT2D eigenvalue weighted by Crippen LogP contribution is -2.20. The largest absolute Gasteiger partial charge is 0.396 e. The van der Waals surface area contributed by atoms with Gasteiger partial charge in [-0.05, 0) is 49.1 Å². The van der Waals surface area contributed by atoms with Crippen molar-refractivity contribution in [3.05, 3.63) is 34.1 Å². The van der Waals surface area contributed by atoms with E-state index in [0.717, 1.165) is 42.5 Å². The van der Waals surface area contributed by atoms with Crippen molar-refractivity contribution < 1.29 is 9.50 Å². The Kier molecular flexibility index (Phi) is 4.54. The van der Waals surface area contributed by atoms with Gasteiger partial charge in [-0.3, -0.25) is 4.90 Å². The zero-order valence-corrected chi connectivity index (χ0v) is 11.3. The van der Waals surface area contributed by atoms with E-state index in [0.29, 0.717) is 5.92 Å². The van der Waals surface area contributed by atoms with Crippen molar-refractivity contribution in [3.8, 4) is 0 Å². The third-order valence-electron chi connectivity index (χ3n) is 3.31. The number of hydrogen-bond donors (Lipinski definition) is 1. The number of halogens is 2. The summed E-state index contributed by atoms with van der Waals surface area (Å²) in [5.41, 5.74) is 0.995. The summed E-state index contributed by atoms with van der Waals surface area (Å²) in [6.45, 7) is 3.08. The van der Waals surface area contributed by atoms with E-state index in [1.807, 2.05) is 0 Å². The number of benzene rings is 1. The minimum Gasteiger partial charge on any atom is -0.396 e. The second-order valence-corrected chi connectivity index (χ2v) is 5.49. The lowest BCUT2D eigenvalue weighted by atomic mass is 10.1. The number of rotatable bonds is 4. The molecule has 0 saturated carbocycles. The lowest BCUT2D eigenvalue weighted by Gasteiger charge is -2.16. The summed E-state index contributed by atoms with van der Waals surface area (Å²) in [7, 11) is 0. The molecular formula is C13H17BrFNO. The average molecular weight is 302 g/mol. The third-order valence-corrected chi connectivity index (χ3v) is 4.08. The van der Waals surface area contributed by atoms with Gasteiger partial charge in [0.2, 0.25) is 0 Å². The molecular weight excluding hydrogens is 285 g/mol. The van der Waals surface area contributed by atoms with E-state index >= 15 is 0 Å². The molecule has 1 saturated heterocycles. The van der Waals surface area contributed by atoms with Crippen molar-refractivity contribution in [2.75, 3.05) is 19.7 Å². The molecule has 0 aliphatic carbocycles.